The van der Waals surface area contributed by atoms with Gasteiger partial charge >= 0.3 is 0 Å². The molecular weight excluding hydrogens is 326 g/mol. The number of nitrogens with one attached hydrogen (secondary N) is 2. The fraction of sp³-hybridized carbons (Fsp3) is 0.350. The van der Waals surface area contributed by atoms with Gasteiger partial charge in [0, 0.05) is 25.8 Å². The van der Waals surface area contributed by atoms with Crippen LogP contribution in [0.4, 0.5) is 0 Å². The maximum Gasteiger partial charge on any atom is 0.242 e. The average molecular weight is 353 g/mol. The number of amides is 1. The Balaban J connectivity index is 1.90. The van der Waals surface area contributed by atoms with Crippen LogP contribution in [0.5, 0.6) is 0 Å². The van der Waals surface area contributed by atoms with E-state index in [1.54, 1.807) is 6.20 Å². The molecular formula is C20H27N5O. The predicted octanol–water partition coefficient (Wildman–Crippen LogP) is 2.19. The Bertz CT molecular complexity index is 688. The van der Waals surface area contributed by atoms with E-state index in [1.807, 2.05) is 67.3 Å². The van der Waals surface area contributed by atoms with Crippen molar-refractivity contribution < 1.29 is 4.79 Å². The average Bonchev–Trinajstić information content (AvgIpc) is 2.69. The van der Waals surface area contributed by atoms with Crippen molar-refractivity contribution in [2.24, 2.45) is 4.99 Å². The lowest BCUT2D eigenvalue weighted by atomic mass is 10.2. The molecule has 1 aromatic carbocycles. The highest BCUT2D eigenvalue weighted by Gasteiger charge is 2.12. The molecule has 0 aliphatic carbocycles. The van der Waals surface area contributed by atoms with Gasteiger partial charge in [0.2, 0.25) is 5.91 Å². The molecule has 0 aliphatic rings. The number of carbonyl (C=O) groups is 1. The first-order valence-electron chi connectivity index (χ1n) is 8.96. The van der Waals surface area contributed by atoms with Gasteiger partial charge in [-0.3, -0.25) is 9.78 Å². The second kappa shape index (κ2) is 10.9. The van der Waals surface area contributed by atoms with Gasteiger partial charge < -0.3 is 15.5 Å². The highest BCUT2D eigenvalue weighted by Crippen LogP contribution is 2.04. The van der Waals surface area contributed by atoms with Gasteiger partial charge in [-0.05, 0) is 31.5 Å². The molecule has 0 atom stereocenters. The Hall–Kier alpha value is -2.89. The summed E-state index contributed by atoms with van der Waals surface area (Å²) in [5.41, 5.74) is 2.01. The second-order valence-corrected chi connectivity index (χ2v) is 5.76. The van der Waals surface area contributed by atoms with Crippen LogP contribution in [0.1, 0.15) is 25.1 Å². The van der Waals surface area contributed by atoms with Crippen molar-refractivity contribution in [1.82, 2.24) is 20.5 Å². The predicted molar refractivity (Wildman–Crippen MR) is 105 cm³/mol. The van der Waals surface area contributed by atoms with Crippen LogP contribution < -0.4 is 10.6 Å². The molecule has 2 rings (SSSR count). The van der Waals surface area contributed by atoms with E-state index in [-0.39, 0.29) is 12.5 Å². The van der Waals surface area contributed by atoms with Gasteiger partial charge in [0.25, 0.3) is 0 Å². The molecule has 1 aromatic heterocycles. The number of aliphatic imine (C=N–C) groups is 1. The molecule has 26 heavy (non-hydrogen) atoms. The Labute approximate surface area is 155 Å². The number of carbonyl (C=O) groups excluding carboxylic acids is 1. The molecule has 0 unspecified atom stereocenters. The molecule has 0 aliphatic heterocycles. The van der Waals surface area contributed by atoms with Crippen molar-refractivity contribution in [1.29, 1.82) is 0 Å². The summed E-state index contributed by atoms with van der Waals surface area (Å²) in [6, 6.07) is 15.7. The molecule has 0 saturated heterocycles. The number of rotatable bonds is 8. The van der Waals surface area contributed by atoms with E-state index in [4.69, 9.17) is 0 Å². The number of hydrogen-bond acceptors (Lipinski definition) is 3. The highest BCUT2D eigenvalue weighted by atomic mass is 16.2. The lowest BCUT2D eigenvalue weighted by Crippen LogP contribution is -2.44. The number of pyridine rings is 1. The van der Waals surface area contributed by atoms with E-state index in [1.165, 1.54) is 0 Å². The van der Waals surface area contributed by atoms with Gasteiger partial charge in [-0.2, -0.15) is 0 Å². The number of guanidine groups is 1. The van der Waals surface area contributed by atoms with Crippen LogP contribution in [0.3, 0.4) is 0 Å². The summed E-state index contributed by atoms with van der Waals surface area (Å²) in [6.07, 6.45) is 1.75. The fourth-order valence-electron chi connectivity index (χ4n) is 2.44. The summed E-state index contributed by atoms with van der Waals surface area (Å²) < 4.78 is 0. The summed E-state index contributed by atoms with van der Waals surface area (Å²) >= 11 is 0. The zero-order chi connectivity index (χ0) is 18.6. The smallest absolute Gasteiger partial charge is 0.242 e. The van der Waals surface area contributed by atoms with Crippen molar-refractivity contribution in [3.05, 3.63) is 66.0 Å². The largest absolute Gasteiger partial charge is 0.357 e. The molecule has 0 saturated carbocycles. The summed E-state index contributed by atoms with van der Waals surface area (Å²) in [6.45, 7) is 6.65. The SMILES string of the molecule is CCNC(=NCc1ccccn1)NCC(=O)N(CC)Cc1ccccc1. The fourth-order valence-corrected chi connectivity index (χ4v) is 2.44. The molecule has 0 fully saturated rings. The summed E-state index contributed by atoms with van der Waals surface area (Å²) in [5, 5.41) is 6.27. The first-order chi connectivity index (χ1) is 12.7. The van der Waals surface area contributed by atoms with Crippen LogP contribution in [0.15, 0.2) is 59.7 Å². The first-order valence-corrected chi connectivity index (χ1v) is 8.96. The summed E-state index contributed by atoms with van der Waals surface area (Å²) in [4.78, 5) is 23.1. The van der Waals surface area contributed by atoms with Crippen LogP contribution in [-0.2, 0) is 17.9 Å². The molecule has 138 valence electrons. The lowest BCUT2D eigenvalue weighted by molar-refractivity contribution is -0.130. The van der Waals surface area contributed by atoms with Crippen molar-refractivity contribution in [3.63, 3.8) is 0 Å². The van der Waals surface area contributed by atoms with E-state index in [9.17, 15) is 4.79 Å². The molecule has 1 heterocycles. The number of nitrogens with zero attached hydrogens (tertiary/aromatic N) is 3. The molecule has 2 N–H and O–H groups in total. The van der Waals surface area contributed by atoms with Gasteiger partial charge in [-0.1, -0.05) is 36.4 Å². The third-order valence-electron chi connectivity index (χ3n) is 3.83. The number of hydrogen-bond donors (Lipinski definition) is 2. The third kappa shape index (κ3) is 6.55. The standard InChI is InChI=1S/C20H27N5O/c1-3-21-20(23-14-18-12-8-9-13-22-18)24-15-19(26)25(4-2)16-17-10-6-5-7-11-17/h5-13H,3-4,14-16H2,1-2H3,(H2,21,23,24). The molecule has 0 spiro atoms. The van der Waals surface area contributed by atoms with Gasteiger partial charge in [-0.25, -0.2) is 4.99 Å². The van der Waals surface area contributed by atoms with Crippen molar-refractivity contribution in [3.8, 4) is 0 Å². The topological polar surface area (TPSA) is 69.6 Å². The molecule has 1 amide bonds. The maximum absolute atomic E-state index is 12.5. The second-order valence-electron chi connectivity index (χ2n) is 5.76. The molecule has 0 bridgehead atoms. The van der Waals surface area contributed by atoms with E-state index in [2.05, 4.69) is 20.6 Å². The van der Waals surface area contributed by atoms with E-state index < -0.39 is 0 Å². The van der Waals surface area contributed by atoms with Crippen LogP contribution >= 0.6 is 0 Å². The molecule has 6 heteroatoms. The van der Waals surface area contributed by atoms with Gasteiger partial charge in [0.05, 0.1) is 18.8 Å². The van der Waals surface area contributed by atoms with Gasteiger partial charge in [0.1, 0.15) is 0 Å². The first kappa shape index (κ1) is 19.4. The van der Waals surface area contributed by atoms with E-state index in [0.29, 0.717) is 25.6 Å². The quantitative estimate of drug-likeness (QED) is 0.564. The molecule has 0 radical (unpaired) electrons. The minimum absolute atomic E-state index is 0.0415. The molecule has 6 nitrogen and oxygen atoms in total. The minimum Gasteiger partial charge on any atom is -0.357 e. The minimum atomic E-state index is 0.0415. The lowest BCUT2D eigenvalue weighted by Gasteiger charge is -2.22. The highest BCUT2D eigenvalue weighted by molar-refractivity contribution is 5.86. The zero-order valence-corrected chi connectivity index (χ0v) is 15.5. The van der Waals surface area contributed by atoms with Crippen molar-refractivity contribution >= 4 is 11.9 Å². The normalized spacial score (nSPS) is 11.1. The van der Waals surface area contributed by atoms with Crippen LogP contribution in [0.2, 0.25) is 0 Å². The van der Waals surface area contributed by atoms with E-state index in [0.717, 1.165) is 17.8 Å². The number of likely N-dealkylation sites (N-methyl/N-ethyl adjacent to an activating group) is 1. The van der Waals surface area contributed by atoms with Gasteiger partial charge in [-0.15, -0.1) is 0 Å². The van der Waals surface area contributed by atoms with Crippen LogP contribution in [0, 0.1) is 0 Å². The third-order valence-corrected chi connectivity index (χ3v) is 3.83. The monoisotopic (exact) mass is 353 g/mol. The Morgan fingerprint density at radius 3 is 2.50 bits per heavy atom. The Kier molecular flexibility index (Phi) is 8.12. The van der Waals surface area contributed by atoms with Crippen LogP contribution in [0.25, 0.3) is 0 Å². The Morgan fingerprint density at radius 2 is 1.85 bits per heavy atom. The number of benzene rings is 1. The van der Waals surface area contributed by atoms with Crippen molar-refractivity contribution in [2.75, 3.05) is 19.6 Å². The van der Waals surface area contributed by atoms with Crippen molar-refractivity contribution in [2.45, 2.75) is 26.9 Å². The zero-order valence-electron chi connectivity index (χ0n) is 15.5. The summed E-state index contributed by atoms with van der Waals surface area (Å²) in [7, 11) is 0. The van der Waals surface area contributed by atoms with Gasteiger partial charge in [0.15, 0.2) is 5.96 Å². The Morgan fingerprint density at radius 1 is 1.08 bits per heavy atom. The number of aromatic nitrogens is 1. The van der Waals surface area contributed by atoms with Crippen LogP contribution in [-0.4, -0.2) is 41.4 Å². The maximum atomic E-state index is 12.5. The molecule has 2 aromatic rings. The summed E-state index contributed by atoms with van der Waals surface area (Å²) in [5.74, 6) is 0.655. The van der Waals surface area contributed by atoms with E-state index >= 15 is 0 Å².